The number of aryl methyl sites for hydroxylation is 2. The first kappa shape index (κ1) is 18.4. The molecule has 1 amide bonds. The number of hydrogen-bond acceptors (Lipinski definition) is 5. The topological polar surface area (TPSA) is 87.3 Å². The van der Waals surface area contributed by atoms with Crippen LogP contribution in [0.5, 0.6) is 17.4 Å². The number of carbonyl (C=O) groups is 1. The van der Waals surface area contributed by atoms with Crippen LogP contribution in [-0.4, -0.2) is 22.5 Å². The number of amides is 1. The van der Waals surface area contributed by atoms with E-state index in [1.165, 1.54) is 6.20 Å². The molecule has 0 bridgehead atoms. The lowest BCUT2D eigenvalue weighted by Crippen LogP contribution is -2.14. The smallest absolute Gasteiger partial charge is 0.255 e. The zero-order chi connectivity index (χ0) is 19.4. The van der Waals surface area contributed by atoms with Crippen LogP contribution in [0.25, 0.3) is 11.4 Å². The maximum atomic E-state index is 11.8. The highest BCUT2D eigenvalue weighted by molar-refractivity contribution is 5.95. The van der Waals surface area contributed by atoms with Gasteiger partial charge in [-0.15, -0.1) is 0 Å². The molecule has 0 spiro atoms. The van der Waals surface area contributed by atoms with E-state index in [2.05, 4.69) is 9.97 Å². The molecule has 6 nitrogen and oxygen atoms in total. The number of nitrogens with two attached hydrogens (primary N) is 1. The summed E-state index contributed by atoms with van der Waals surface area (Å²) in [5.41, 5.74) is 8.55. The summed E-state index contributed by atoms with van der Waals surface area (Å²) < 4.78 is 11.5. The molecule has 2 N–H and O–H groups in total. The van der Waals surface area contributed by atoms with Crippen molar-refractivity contribution in [3.8, 4) is 28.8 Å². The minimum Gasteiger partial charge on any atom is -0.490 e. The van der Waals surface area contributed by atoms with E-state index in [0.717, 1.165) is 16.7 Å². The van der Waals surface area contributed by atoms with Crippen molar-refractivity contribution in [3.05, 3.63) is 65.4 Å². The average molecular weight is 363 g/mol. The number of para-hydroxylation sites is 2. The Morgan fingerprint density at radius 1 is 1.04 bits per heavy atom. The van der Waals surface area contributed by atoms with Crippen molar-refractivity contribution < 1.29 is 14.3 Å². The predicted octanol–water partition coefficient (Wildman–Crippen LogP) is 4.05. The lowest BCUT2D eigenvalue weighted by Gasteiger charge is -2.14. The number of primary amides is 1. The number of benzene rings is 2. The Morgan fingerprint density at radius 2 is 1.70 bits per heavy atom. The maximum Gasteiger partial charge on any atom is 0.255 e. The molecule has 0 atom stereocenters. The summed E-state index contributed by atoms with van der Waals surface area (Å²) in [5.74, 6) is 0.921. The molecule has 0 radical (unpaired) electrons. The molecule has 0 aliphatic rings. The molecule has 0 saturated carbocycles. The minimum absolute atomic E-state index is 0.0994. The van der Waals surface area contributed by atoms with Gasteiger partial charge in [0.15, 0.2) is 17.3 Å². The number of carbonyl (C=O) groups excluding carboxylic acids is 1. The van der Waals surface area contributed by atoms with Gasteiger partial charge in [0.05, 0.1) is 6.61 Å². The van der Waals surface area contributed by atoms with Crippen LogP contribution in [0.2, 0.25) is 0 Å². The molecule has 1 heterocycles. The van der Waals surface area contributed by atoms with Gasteiger partial charge in [0.1, 0.15) is 5.56 Å². The Kier molecular flexibility index (Phi) is 5.35. The highest BCUT2D eigenvalue weighted by Crippen LogP contribution is 2.33. The van der Waals surface area contributed by atoms with Crippen LogP contribution in [0, 0.1) is 13.8 Å². The van der Waals surface area contributed by atoms with Gasteiger partial charge in [-0.2, -0.15) is 4.98 Å². The minimum atomic E-state index is -0.660. The van der Waals surface area contributed by atoms with Crippen molar-refractivity contribution in [1.82, 2.24) is 9.97 Å². The third-order valence-corrected chi connectivity index (χ3v) is 4.08. The molecule has 0 unspecified atom stereocenters. The number of aromatic nitrogens is 2. The zero-order valence-electron chi connectivity index (χ0n) is 15.5. The predicted molar refractivity (Wildman–Crippen MR) is 103 cm³/mol. The summed E-state index contributed by atoms with van der Waals surface area (Å²) in [4.78, 5) is 20.7. The fraction of sp³-hybridized carbons (Fsp3) is 0.190. The maximum absolute atomic E-state index is 11.8. The number of nitrogens with zero attached hydrogens (tertiary/aromatic N) is 2. The number of rotatable bonds is 6. The first-order valence-corrected chi connectivity index (χ1v) is 8.64. The van der Waals surface area contributed by atoms with Gasteiger partial charge in [-0.25, -0.2) is 4.98 Å². The molecule has 27 heavy (non-hydrogen) atoms. The second kappa shape index (κ2) is 7.86. The molecule has 0 aliphatic carbocycles. The van der Waals surface area contributed by atoms with E-state index < -0.39 is 5.91 Å². The fourth-order valence-electron chi connectivity index (χ4n) is 2.81. The monoisotopic (exact) mass is 363 g/mol. The number of ether oxygens (including phenoxy) is 2. The third kappa shape index (κ3) is 3.89. The lowest BCUT2D eigenvalue weighted by molar-refractivity contribution is 0.0997. The first-order chi connectivity index (χ1) is 13.0. The van der Waals surface area contributed by atoms with Crippen LogP contribution >= 0.6 is 0 Å². The highest BCUT2D eigenvalue weighted by Gasteiger charge is 2.18. The van der Waals surface area contributed by atoms with Crippen molar-refractivity contribution in [2.45, 2.75) is 20.8 Å². The molecule has 0 saturated heterocycles. The number of hydrogen-bond donors (Lipinski definition) is 1. The van der Waals surface area contributed by atoms with Crippen molar-refractivity contribution in [2.24, 2.45) is 5.73 Å². The molecule has 138 valence electrons. The Labute approximate surface area is 158 Å². The Bertz CT molecular complexity index is 966. The Morgan fingerprint density at radius 3 is 2.33 bits per heavy atom. The molecule has 1 aromatic heterocycles. The molecule has 6 heteroatoms. The second-order valence-corrected chi connectivity index (χ2v) is 6.03. The second-order valence-electron chi connectivity index (χ2n) is 6.03. The van der Waals surface area contributed by atoms with Gasteiger partial charge in [0.2, 0.25) is 5.88 Å². The summed E-state index contributed by atoms with van der Waals surface area (Å²) >= 11 is 0. The summed E-state index contributed by atoms with van der Waals surface area (Å²) in [7, 11) is 0. The van der Waals surface area contributed by atoms with Gasteiger partial charge in [-0.1, -0.05) is 30.3 Å². The van der Waals surface area contributed by atoms with Crippen LogP contribution < -0.4 is 15.2 Å². The van der Waals surface area contributed by atoms with Gasteiger partial charge in [-0.05, 0) is 44.0 Å². The Hall–Kier alpha value is -3.41. The SMILES string of the molecule is CCOc1ccccc1Oc1nc(-c2c(C)cccc2C)ncc1C(N)=O. The molecule has 0 aliphatic heterocycles. The largest absolute Gasteiger partial charge is 0.490 e. The molecular weight excluding hydrogens is 342 g/mol. The van der Waals surface area contributed by atoms with Crippen LogP contribution in [0.4, 0.5) is 0 Å². The van der Waals surface area contributed by atoms with Gasteiger partial charge in [0.25, 0.3) is 5.91 Å². The van der Waals surface area contributed by atoms with E-state index in [-0.39, 0.29) is 11.4 Å². The van der Waals surface area contributed by atoms with Gasteiger partial charge < -0.3 is 15.2 Å². The molecule has 0 fully saturated rings. The van der Waals surface area contributed by atoms with Crippen molar-refractivity contribution >= 4 is 5.91 Å². The highest BCUT2D eigenvalue weighted by atomic mass is 16.5. The van der Waals surface area contributed by atoms with Crippen molar-refractivity contribution in [1.29, 1.82) is 0 Å². The van der Waals surface area contributed by atoms with E-state index in [9.17, 15) is 4.79 Å². The van der Waals surface area contributed by atoms with Gasteiger partial charge >= 0.3 is 0 Å². The quantitative estimate of drug-likeness (QED) is 0.714. The van der Waals surface area contributed by atoms with Crippen LogP contribution in [0.3, 0.4) is 0 Å². The Balaban J connectivity index is 2.10. The van der Waals surface area contributed by atoms with Gasteiger partial charge in [0, 0.05) is 11.8 Å². The molecular formula is C21H21N3O3. The summed E-state index contributed by atoms with van der Waals surface area (Å²) in [5, 5.41) is 0. The van der Waals surface area contributed by atoms with Gasteiger partial charge in [-0.3, -0.25) is 4.79 Å². The standard InChI is InChI=1S/C21H21N3O3/c1-4-26-16-10-5-6-11-17(16)27-21-15(19(22)25)12-23-20(24-21)18-13(2)8-7-9-14(18)3/h5-12H,4H2,1-3H3,(H2,22,25). The van der Waals surface area contributed by atoms with Crippen molar-refractivity contribution in [3.63, 3.8) is 0 Å². The van der Waals surface area contributed by atoms with Crippen LogP contribution in [-0.2, 0) is 0 Å². The van der Waals surface area contributed by atoms with Crippen LogP contribution in [0.1, 0.15) is 28.4 Å². The third-order valence-electron chi connectivity index (χ3n) is 4.08. The molecule has 2 aromatic carbocycles. The van der Waals surface area contributed by atoms with E-state index in [1.807, 2.05) is 51.1 Å². The molecule has 3 aromatic rings. The van der Waals surface area contributed by atoms with E-state index >= 15 is 0 Å². The van der Waals surface area contributed by atoms with E-state index in [0.29, 0.717) is 23.9 Å². The fourth-order valence-corrected chi connectivity index (χ4v) is 2.81. The summed E-state index contributed by atoms with van der Waals surface area (Å²) in [6.45, 7) is 6.34. The first-order valence-electron chi connectivity index (χ1n) is 8.64. The van der Waals surface area contributed by atoms with Crippen molar-refractivity contribution in [2.75, 3.05) is 6.61 Å². The summed E-state index contributed by atoms with van der Waals surface area (Å²) in [6, 6.07) is 13.1. The lowest BCUT2D eigenvalue weighted by atomic mass is 10.0. The summed E-state index contributed by atoms with van der Waals surface area (Å²) in [6.07, 6.45) is 1.40. The van der Waals surface area contributed by atoms with Crippen LogP contribution in [0.15, 0.2) is 48.7 Å². The van der Waals surface area contributed by atoms with E-state index in [1.54, 1.807) is 12.1 Å². The zero-order valence-corrected chi connectivity index (χ0v) is 15.5. The normalized spacial score (nSPS) is 10.5. The van der Waals surface area contributed by atoms with E-state index in [4.69, 9.17) is 15.2 Å². The average Bonchev–Trinajstić information content (AvgIpc) is 2.63. The molecule has 3 rings (SSSR count).